The van der Waals surface area contributed by atoms with Gasteiger partial charge in [-0.25, -0.2) is 0 Å². The highest BCUT2D eigenvalue weighted by Crippen LogP contribution is 2.44. The summed E-state index contributed by atoms with van der Waals surface area (Å²) in [5, 5.41) is 0. The lowest BCUT2D eigenvalue weighted by Crippen LogP contribution is -2.61. The highest BCUT2D eigenvalue weighted by molar-refractivity contribution is 5.29. The Labute approximate surface area is 111 Å². The highest BCUT2D eigenvalue weighted by atomic mass is 16.5. The van der Waals surface area contributed by atoms with Gasteiger partial charge in [0.2, 0.25) is 0 Å². The largest absolute Gasteiger partial charge is 0.490 e. The van der Waals surface area contributed by atoms with Crippen molar-refractivity contribution in [2.45, 2.75) is 58.6 Å². The van der Waals surface area contributed by atoms with Gasteiger partial charge in [-0.3, -0.25) is 0 Å². The summed E-state index contributed by atoms with van der Waals surface area (Å²) in [6, 6.07) is 8.75. The summed E-state index contributed by atoms with van der Waals surface area (Å²) in [6.45, 7) is 8.83. The first-order chi connectivity index (χ1) is 8.47. The molecule has 0 radical (unpaired) electrons. The van der Waals surface area contributed by atoms with E-state index < -0.39 is 0 Å². The third-order valence-electron chi connectivity index (χ3n) is 4.64. The van der Waals surface area contributed by atoms with Crippen LogP contribution in [0.3, 0.4) is 0 Å². The molecule has 0 bridgehead atoms. The zero-order chi connectivity index (χ0) is 13.3. The van der Waals surface area contributed by atoms with Gasteiger partial charge in [-0.05, 0) is 30.0 Å². The molecule has 0 saturated heterocycles. The Kier molecular flexibility index (Phi) is 3.67. The SMILES string of the molecule is CCC1(C)C(N)CC1Oc1ccc(C(C)C)cc1. The second-order valence-electron chi connectivity index (χ2n) is 6.03. The summed E-state index contributed by atoms with van der Waals surface area (Å²) in [5.74, 6) is 1.54. The van der Waals surface area contributed by atoms with Crippen LogP contribution in [-0.2, 0) is 0 Å². The summed E-state index contributed by atoms with van der Waals surface area (Å²) in [5.41, 5.74) is 7.58. The van der Waals surface area contributed by atoms with E-state index in [2.05, 4.69) is 52.0 Å². The van der Waals surface area contributed by atoms with Crippen molar-refractivity contribution in [3.05, 3.63) is 29.8 Å². The summed E-state index contributed by atoms with van der Waals surface area (Å²) < 4.78 is 6.08. The Hall–Kier alpha value is -1.02. The lowest BCUT2D eigenvalue weighted by molar-refractivity contribution is -0.0560. The Balaban J connectivity index is 2.02. The molecular formula is C16H25NO. The van der Waals surface area contributed by atoms with Gasteiger partial charge in [0.05, 0.1) is 0 Å². The van der Waals surface area contributed by atoms with E-state index in [1.807, 2.05) is 0 Å². The van der Waals surface area contributed by atoms with Crippen molar-refractivity contribution < 1.29 is 4.74 Å². The predicted molar refractivity (Wildman–Crippen MR) is 75.9 cm³/mol. The van der Waals surface area contributed by atoms with Gasteiger partial charge in [0.15, 0.2) is 0 Å². The topological polar surface area (TPSA) is 35.2 Å². The Bertz CT molecular complexity index is 398. The van der Waals surface area contributed by atoms with Crippen molar-refractivity contribution in [1.29, 1.82) is 0 Å². The van der Waals surface area contributed by atoms with Gasteiger partial charge >= 0.3 is 0 Å². The van der Waals surface area contributed by atoms with Gasteiger partial charge in [-0.1, -0.05) is 39.8 Å². The third kappa shape index (κ3) is 2.26. The third-order valence-corrected chi connectivity index (χ3v) is 4.64. The van der Waals surface area contributed by atoms with Crippen LogP contribution in [-0.4, -0.2) is 12.1 Å². The van der Waals surface area contributed by atoms with Crippen LogP contribution in [0.2, 0.25) is 0 Å². The molecule has 1 aromatic rings. The van der Waals surface area contributed by atoms with Crippen LogP contribution in [0, 0.1) is 5.41 Å². The van der Waals surface area contributed by atoms with Crippen molar-refractivity contribution in [1.82, 2.24) is 0 Å². The molecule has 1 aliphatic rings. The first-order valence-electron chi connectivity index (χ1n) is 6.99. The molecule has 0 aliphatic heterocycles. The first kappa shape index (κ1) is 13.4. The molecule has 2 heteroatoms. The normalized spacial score (nSPS) is 31.2. The molecule has 0 spiro atoms. The lowest BCUT2D eigenvalue weighted by atomic mass is 9.62. The van der Waals surface area contributed by atoms with Crippen molar-refractivity contribution in [2.24, 2.45) is 11.1 Å². The van der Waals surface area contributed by atoms with Gasteiger partial charge < -0.3 is 10.5 Å². The van der Waals surface area contributed by atoms with Crippen LogP contribution in [0.5, 0.6) is 5.75 Å². The van der Waals surface area contributed by atoms with Crippen LogP contribution in [0.15, 0.2) is 24.3 Å². The molecule has 3 unspecified atom stereocenters. The average Bonchev–Trinajstić information content (AvgIpc) is 2.38. The Morgan fingerprint density at radius 1 is 1.33 bits per heavy atom. The molecule has 100 valence electrons. The summed E-state index contributed by atoms with van der Waals surface area (Å²) in [4.78, 5) is 0. The average molecular weight is 247 g/mol. The number of ether oxygens (including phenoxy) is 1. The lowest BCUT2D eigenvalue weighted by Gasteiger charge is -2.51. The van der Waals surface area contributed by atoms with Gasteiger partial charge in [0, 0.05) is 17.9 Å². The number of hydrogen-bond donors (Lipinski definition) is 1. The van der Waals surface area contributed by atoms with Gasteiger partial charge in [-0.15, -0.1) is 0 Å². The summed E-state index contributed by atoms with van der Waals surface area (Å²) in [6.07, 6.45) is 2.31. The Morgan fingerprint density at radius 3 is 2.39 bits per heavy atom. The zero-order valence-electron chi connectivity index (χ0n) is 11.9. The van der Waals surface area contributed by atoms with Crippen molar-refractivity contribution >= 4 is 0 Å². The fourth-order valence-corrected chi connectivity index (χ4v) is 2.62. The van der Waals surface area contributed by atoms with Gasteiger partial charge in [0.1, 0.15) is 11.9 Å². The maximum absolute atomic E-state index is 6.10. The number of nitrogens with two attached hydrogens (primary N) is 1. The number of rotatable bonds is 4. The standard InChI is InChI=1S/C16H25NO/c1-5-16(4)14(17)10-15(16)18-13-8-6-12(7-9-13)11(2)3/h6-9,11,14-15H,5,10,17H2,1-4H3. The fraction of sp³-hybridized carbons (Fsp3) is 0.625. The van der Waals surface area contributed by atoms with Crippen molar-refractivity contribution in [3.63, 3.8) is 0 Å². The smallest absolute Gasteiger partial charge is 0.119 e. The molecule has 1 saturated carbocycles. The summed E-state index contributed by atoms with van der Waals surface area (Å²) >= 11 is 0. The van der Waals surface area contributed by atoms with Gasteiger partial charge in [0.25, 0.3) is 0 Å². The van der Waals surface area contributed by atoms with E-state index >= 15 is 0 Å². The monoisotopic (exact) mass is 247 g/mol. The molecule has 2 rings (SSSR count). The molecular weight excluding hydrogens is 222 g/mol. The van der Waals surface area contributed by atoms with Crippen molar-refractivity contribution in [2.75, 3.05) is 0 Å². The molecule has 0 amide bonds. The molecule has 0 aromatic heterocycles. The number of benzene rings is 1. The van der Waals surface area contributed by atoms with Crippen molar-refractivity contribution in [3.8, 4) is 5.75 Å². The molecule has 1 aromatic carbocycles. The van der Waals surface area contributed by atoms with E-state index in [1.165, 1.54) is 5.56 Å². The van der Waals surface area contributed by atoms with E-state index in [0.717, 1.165) is 18.6 Å². The van der Waals surface area contributed by atoms with E-state index in [-0.39, 0.29) is 17.6 Å². The first-order valence-corrected chi connectivity index (χ1v) is 6.99. The minimum atomic E-state index is 0.136. The van der Waals surface area contributed by atoms with Crippen LogP contribution >= 0.6 is 0 Å². The maximum atomic E-state index is 6.10. The molecule has 0 heterocycles. The van der Waals surface area contributed by atoms with Crippen LogP contribution < -0.4 is 10.5 Å². The molecule has 3 atom stereocenters. The van der Waals surface area contributed by atoms with Gasteiger partial charge in [-0.2, -0.15) is 0 Å². The molecule has 1 fully saturated rings. The van der Waals surface area contributed by atoms with Crippen LogP contribution in [0.4, 0.5) is 0 Å². The molecule has 18 heavy (non-hydrogen) atoms. The second-order valence-corrected chi connectivity index (χ2v) is 6.03. The second kappa shape index (κ2) is 4.93. The minimum absolute atomic E-state index is 0.136. The maximum Gasteiger partial charge on any atom is 0.119 e. The van der Waals surface area contributed by atoms with E-state index in [4.69, 9.17) is 10.5 Å². The minimum Gasteiger partial charge on any atom is -0.490 e. The molecule has 2 nitrogen and oxygen atoms in total. The Morgan fingerprint density at radius 2 is 1.94 bits per heavy atom. The van der Waals surface area contributed by atoms with Crippen LogP contribution in [0.1, 0.15) is 52.0 Å². The van der Waals surface area contributed by atoms with E-state index in [9.17, 15) is 0 Å². The highest BCUT2D eigenvalue weighted by Gasteiger charge is 2.50. The van der Waals surface area contributed by atoms with E-state index in [0.29, 0.717) is 5.92 Å². The quantitative estimate of drug-likeness (QED) is 0.880. The molecule has 2 N–H and O–H groups in total. The fourth-order valence-electron chi connectivity index (χ4n) is 2.62. The summed E-state index contributed by atoms with van der Waals surface area (Å²) in [7, 11) is 0. The zero-order valence-corrected chi connectivity index (χ0v) is 11.9. The number of hydrogen-bond acceptors (Lipinski definition) is 2. The van der Waals surface area contributed by atoms with Crippen LogP contribution in [0.25, 0.3) is 0 Å². The molecule has 1 aliphatic carbocycles. The predicted octanol–water partition coefficient (Wildman–Crippen LogP) is 3.70. The van der Waals surface area contributed by atoms with E-state index in [1.54, 1.807) is 0 Å².